The zero-order valence-electron chi connectivity index (χ0n) is 16.5. The van der Waals surface area contributed by atoms with Gasteiger partial charge >= 0.3 is 0 Å². The minimum absolute atomic E-state index is 0.461. The van der Waals surface area contributed by atoms with E-state index in [0.29, 0.717) is 10.8 Å². The van der Waals surface area contributed by atoms with Gasteiger partial charge in [0.15, 0.2) is 0 Å². The summed E-state index contributed by atoms with van der Waals surface area (Å²) in [5.41, 5.74) is 0.971. The minimum Gasteiger partial charge on any atom is -0.309 e. The van der Waals surface area contributed by atoms with Gasteiger partial charge in [-0.15, -0.1) is 0 Å². The fraction of sp³-hybridized carbons (Fsp3) is 1.00. The summed E-state index contributed by atoms with van der Waals surface area (Å²) in [4.78, 5) is 5.06. The van der Waals surface area contributed by atoms with Crippen molar-refractivity contribution in [1.82, 2.24) is 9.80 Å². The van der Waals surface area contributed by atoms with E-state index in [1.165, 1.54) is 64.7 Å². The molecule has 0 saturated carbocycles. The maximum absolute atomic E-state index is 2.71. The number of unbranched alkanes of at least 4 members (excludes halogenated alkanes) is 2. The Morgan fingerprint density at radius 3 is 2.00 bits per heavy atom. The molecule has 1 rings (SSSR count). The maximum Gasteiger partial charge on any atom is 0.00293 e. The number of nitrogens with zero attached hydrogens (tertiary/aromatic N) is 2. The summed E-state index contributed by atoms with van der Waals surface area (Å²) in [6.07, 6.45) is 8.35. The lowest BCUT2D eigenvalue weighted by molar-refractivity contribution is 0.0778. The molecule has 0 aromatic rings. The molecule has 0 atom stereocenters. The van der Waals surface area contributed by atoms with Crippen molar-refractivity contribution in [3.05, 3.63) is 0 Å². The molecule has 0 aromatic carbocycles. The smallest absolute Gasteiger partial charge is 0.00293 e. The summed E-state index contributed by atoms with van der Waals surface area (Å²) in [5, 5.41) is 0. The highest BCUT2D eigenvalue weighted by atomic mass is 15.1. The molecule has 2 nitrogen and oxygen atoms in total. The Morgan fingerprint density at radius 1 is 0.909 bits per heavy atom. The van der Waals surface area contributed by atoms with Gasteiger partial charge in [0.1, 0.15) is 0 Å². The molecule has 1 aliphatic heterocycles. The molecule has 132 valence electrons. The second kappa shape index (κ2) is 8.68. The van der Waals surface area contributed by atoms with Crippen LogP contribution in [0.5, 0.6) is 0 Å². The monoisotopic (exact) mass is 310 g/mol. The molecule has 0 radical (unpaired) electrons. The van der Waals surface area contributed by atoms with Gasteiger partial charge < -0.3 is 9.80 Å². The zero-order chi connectivity index (χ0) is 16.8. The number of rotatable bonds is 8. The quantitative estimate of drug-likeness (QED) is 0.589. The summed E-state index contributed by atoms with van der Waals surface area (Å²) in [7, 11) is 4.41. The molecule has 1 aliphatic rings. The lowest BCUT2D eigenvalue weighted by Gasteiger charge is -2.42. The van der Waals surface area contributed by atoms with E-state index >= 15 is 0 Å². The molecule has 0 bridgehead atoms. The average molecular weight is 311 g/mol. The Labute approximate surface area is 140 Å². The Morgan fingerprint density at radius 2 is 1.50 bits per heavy atom. The van der Waals surface area contributed by atoms with Crippen LogP contribution in [0.3, 0.4) is 0 Å². The van der Waals surface area contributed by atoms with Crippen molar-refractivity contribution in [3.63, 3.8) is 0 Å². The van der Waals surface area contributed by atoms with Crippen LogP contribution in [0.15, 0.2) is 0 Å². The van der Waals surface area contributed by atoms with Crippen LogP contribution in [0.25, 0.3) is 0 Å². The van der Waals surface area contributed by atoms with Crippen molar-refractivity contribution in [3.8, 4) is 0 Å². The van der Waals surface area contributed by atoms with Crippen LogP contribution in [-0.4, -0.2) is 50.1 Å². The van der Waals surface area contributed by atoms with Crippen LogP contribution in [0, 0.1) is 16.7 Å². The van der Waals surface area contributed by atoms with Gasteiger partial charge in [-0.25, -0.2) is 0 Å². The highest BCUT2D eigenvalue weighted by Gasteiger charge is 2.32. The summed E-state index contributed by atoms with van der Waals surface area (Å²) in [5.74, 6) is 0.895. The molecule has 1 fully saturated rings. The van der Waals surface area contributed by atoms with Crippen LogP contribution < -0.4 is 0 Å². The first-order valence-corrected chi connectivity index (χ1v) is 9.47. The Bertz CT molecular complexity index is 293. The number of hydrogen-bond donors (Lipinski definition) is 0. The molecule has 0 spiro atoms. The summed E-state index contributed by atoms with van der Waals surface area (Å²) in [6, 6.07) is 0. The van der Waals surface area contributed by atoms with Crippen molar-refractivity contribution >= 4 is 0 Å². The van der Waals surface area contributed by atoms with Gasteiger partial charge in [-0.1, -0.05) is 47.5 Å². The van der Waals surface area contributed by atoms with Crippen molar-refractivity contribution < 1.29 is 0 Å². The van der Waals surface area contributed by atoms with Crippen LogP contribution >= 0.6 is 0 Å². The number of hydrogen-bond acceptors (Lipinski definition) is 2. The third-order valence-electron chi connectivity index (χ3n) is 5.32. The Kier molecular flexibility index (Phi) is 7.88. The van der Waals surface area contributed by atoms with E-state index in [1.54, 1.807) is 0 Å². The maximum atomic E-state index is 2.71. The molecule has 0 amide bonds. The van der Waals surface area contributed by atoms with E-state index in [0.717, 1.165) is 5.92 Å². The largest absolute Gasteiger partial charge is 0.309 e. The van der Waals surface area contributed by atoms with Gasteiger partial charge in [0, 0.05) is 6.54 Å². The van der Waals surface area contributed by atoms with Gasteiger partial charge in [0.05, 0.1) is 0 Å². The Balaban J connectivity index is 2.17. The van der Waals surface area contributed by atoms with E-state index < -0.39 is 0 Å². The average Bonchev–Trinajstić information content (AvgIpc) is 2.36. The summed E-state index contributed by atoms with van der Waals surface area (Å²) < 4.78 is 0. The SMILES string of the molecule is CN(C)CC(C)(C)C1CCN(CCCCCC(C)(C)C)CC1. The van der Waals surface area contributed by atoms with E-state index in [9.17, 15) is 0 Å². The molecule has 0 N–H and O–H groups in total. The molecule has 1 heterocycles. The second-order valence-corrected chi connectivity index (χ2v) is 9.71. The first-order valence-electron chi connectivity index (χ1n) is 9.47. The minimum atomic E-state index is 0.461. The molecule has 1 saturated heterocycles. The standard InChI is InChI=1S/C20H42N2/c1-19(2,3)13-9-8-10-14-22-15-11-18(12-16-22)20(4,5)17-21(6)7/h18H,8-17H2,1-7H3. The van der Waals surface area contributed by atoms with Crippen LogP contribution in [0.4, 0.5) is 0 Å². The highest BCUT2D eigenvalue weighted by molar-refractivity contribution is 4.85. The third-order valence-corrected chi connectivity index (χ3v) is 5.32. The molecule has 0 unspecified atom stereocenters. The summed E-state index contributed by atoms with van der Waals surface area (Å²) in [6.45, 7) is 17.2. The van der Waals surface area contributed by atoms with E-state index in [4.69, 9.17) is 0 Å². The summed E-state index contributed by atoms with van der Waals surface area (Å²) >= 11 is 0. The van der Waals surface area contributed by atoms with Crippen molar-refractivity contribution in [1.29, 1.82) is 0 Å². The first-order chi connectivity index (χ1) is 10.1. The van der Waals surface area contributed by atoms with Crippen LogP contribution in [0.1, 0.15) is 73.1 Å². The lowest BCUT2D eigenvalue weighted by atomic mass is 9.73. The normalized spacial score (nSPS) is 19.1. The van der Waals surface area contributed by atoms with Gasteiger partial charge in [-0.3, -0.25) is 0 Å². The van der Waals surface area contributed by atoms with E-state index in [2.05, 4.69) is 58.5 Å². The fourth-order valence-corrected chi connectivity index (χ4v) is 4.05. The Hall–Kier alpha value is -0.0800. The van der Waals surface area contributed by atoms with E-state index in [1.807, 2.05) is 0 Å². The third kappa shape index (κ3) is 7.97. The molecule has 0 aromatic heterocycles. The highest BCUT2D eigenvalue weighted by Crippen LogP contribution is 2.35. The fourth-order valence-electron chi connectivity index (χ4n) is 4.05. The van der Waals surface area contributed by atoms with Crippen LogP contribution in [-0.2, 0) is 0 Å². The predicted molar refractivity (Wildman–Crippen MR) is 99.4 cm³/mol. The van der Waals surface area contributed by atoms with Crippen molar-refractivity contribution in [2.75, 3.05) is 40.3 Å². The zero-order valence-corrected chi connectivity index (χ0v) is 16.5. The van der Waals surface area contributed by atoms with E-state index in [-0.39, 0.29) is 0 Å². The topological polar surface area (TPSA) is 6.48 Å². The molecular formula is C20H42N2. The molecule has 22 heavy (non-hydrogen) atoms. The molecule has 2 heteroatoms. The van der Waals surface area contributed by atoms with Gasteiger partial charge in [-0.2, -0.15) is 0 Å². The van der Waals surface area contributed by atoms with Gasteiger partial charge in [-0.05, 0) is 76.2 Å². The molecular weight excluding hydrogens is 268 g/mol. The molecule has 0 aliphatic carbocycles. The van der Waals surface area contributed by atoms with Crippen molar-refractivity contribution in [2.45, 2.75) is 73.1 Å². The van der Waals surface area contributed by atoms with Crippen molar-refractivity contribution in [2.24, 2.45) is 16.7 Å². The lowest BCUT2D eigenvalue weighted by Crippen LogP contribution is -2.42. The second-order valence-electron chi connectivity index (χ2n) is 9.71. The van der Waals surface area contributed by atoms with Gasteiger partial charge in [0.2, 0.25) is 0 Å². The predicted octanol–water partition coefficient (Wildman–Crippen LogP) is 4.89. The first kappa shape index (κ1) is 20.0. The van der Waals surface area contributed by atoms with Crippen LogP contribution in [0.2, 0.25) is 0 Å². The number of piperidine rings is 1. The number of likely N-dealkylation sites (tertiary alicyclic amines) is 1. The van der Waals surface area contributed by atoms with Gasteiger partial charge in [0.25, 0.3) is 0 Å².